The van der Waals surface area contributed by atoms with E-state index in [1.54, 1.807) is 47.6 Å². The van der Waals surface area contributed by atoms with Gasteiger partial charge in [0.15, 0.2) is 11.6 Å². The van der Waals surface area contributed by atoms with Gasteiger partial charge in [0, 0.05) is 6.20 Å². The molecule has 0 aliphatic heterocycles. The van der Waals surface area contributed by atoms with Gasteiger partial charge >= 0.3 is 12.2 Å². The maximum atomic E-state index is 14.2. The lowest BCUT2D eigenvalue weighted by atomic mass is 10.2. The molecule has 0 aliphatic carbocycles. The standard InChI is InChI=1S/C16H20FN3O4/c1-15(2,3)23-13(21)20(14(22)24-16(4,5)6)12-11(17)7-10(8-18)9-19-12/h7,9H,1-6H3. The van der Waals surface area contributed by atoms with Crippen LogP contribution in [0.15, 0.2) is 12.3 Å². The highest BCUT2D eigenvalue weighted by Crippen LogP contribution is 2.23. The molecule has 130 valence electrons. The van der Waals surface area contributed by atoms with E-state index in [0.29, 0.717) is 4.90 Å². The number of nitriles is 1. The third kappa shape index (κ3) is 5.50. The Hall–Kier alpha value is -2.69. The Morgan fingerprint density at radius 1 is 1.12 bits per heavy atom. The number of nitrogens with zero attached hydrogens (tertiary/aromatic N) is 3. The maximum absolute atomic E-state index is 14.2. The van der Waals surface area contributed by atoms with Crippen LogP contribution in [-0.4, -0.2) is 28.4 Å². The molecule has 1 heterocycles. The Labute approximate surface area is 140 Å². The Balaban J connectivity index is 3.31. The van der Waals surface area contributed by atoms with Crippen molar-refractivity contribution in [2.75, 3.05) is 4.90 Å². The van der Waals surface area contributed by atoms with Gasteiger partial charge in [-0.2, -0.15) is 10.2 Å². The molecule has 2 amide bonds. The zero-order valence-electron chi connectivity index (χ0n) is 14.5. The SMILES string of the molecule is CC(C)(C)OC(=O)N(C(=O)OC(C)(C)C)c1ncc(C#N)cc1F. The van der Waals surface area contributed by atoms with Gasteiger partial charge in [0.25, 0.3) is 0 Å². The van der Waals surface area contributed by atoms with Crippen molar-refractivity contribution in [3.63, 3.8) is 0 Å². The normalized spacial score (nSPS) is 11.4. The number of amides is 2. The number of pyridine rings is 1. The number of anilines is 1. The van der Waals surface area contributed by atoms with Gasteiger partial charge < -0.3 is 9.47 Å². The van der Waals surface area contributed by atoms with E-state index in [2.05, 4.69) is 4.98 Å². The molecule has 0 unspecified atom stereocenters. The summed E-state index contributed by atoms with van der Waals surface area (Å²) in [5.74, 6) is -1.62. The first-order valence-corrected chi connectivity index (χ1v) is 7.16. The quantitative estimate of drug-likeness (QED) is 0.774. The number of halogens is 1. The van der Waals surface area contributed by atoms with Crippen LogP contribution >= 0.6 is 0 Å². The summed E-state index contributed by atoms with van der Waals surface area (Å²) in [5.41, 5.74) is -1.88. The van der Waals surface area contributed by atoms with Crippen molar-refractivity contribution in [1.82, 2.24) is 4.98 Å². The summed E-state index contributed by atoms with van der Waals surface area (Å²) in [6.07, 6.45) is -1.22. The van der Waals surface area contributed by atoms with E-state index in [4.69, 9.17) is 14.7 Å². The molecule has 7 nitrogen and oxygen atoms in total. The number of hydrogen-bond acceptors (Lipinski definition) is 6. The van der Waals surface area contributed by atoms with Crippen LogP contribution in [0.25, 0.3) is 0 Å². The van der Waals surface area contributed by atoms with Gasteiger partial charge in [-0.05, 0) is 47.6 Å². The highest BCUT2D eigenvalue weighted by atomic mass is 19.1. The van der Waals surface area contributed by atoms with E-state index >= 15 is 0 Å². The topological polar surface area (TPSA) is 92.5 Å². The predicted octanol–water partition coefficient (Wildman–Crippen LogP) is 3.77. The van der Waals surface area contributed by atoms with E-state index in [0.717, 1.165) is 12.3 Å². The van der Waals surface area contributed by atoms with E-state index < -0.39 is 35.0 Å². The zero-order valence-corrected chi connectivity index (χ0v) is 14.5. The molecule has 0 spiro atoms. The Kier molecular flexibility index (Phi) is 5.50. The first-order chi connectivity index (χ1) is 10.8. The molecule has 24 heavy (non-hydrogen) atoms. The second-order valence-electron chi connectivity index (χ2n) is 6.94. The molecular formula is C16H20FN3O4. The Morgan fingerprint density at radius 2 is 1.58 bits per heavy atom. The van der Waals surface area contributed by atoms with Crippen LogP contribution in [0.2, 0.25) is 0 Å². The van der Waals surface area contributed by atoms with Gasteiger partial charge in [0.1, 0.15) is 17.3 Å². The molecule has 0 aromatic carbocycles. The summed E-state index contributed by atoms with van der Waals surface area (Å²) in [6.45, 7) is 9.59. The highest BCUT2D eigenvalue weighted by Gasteiger charge is 2.35. The number of carbonyl (C=O) groups is 2. The van der Waals surface area contributed by atoms with Crippen LogP contribution in [0.5, 0.6) is 0 Å². The van der Waals surface area contributed by atoms with Gasteiger partial charge in [-0.25, -0.2) is 19.0 Å². The molecule has 0 radical (unpaired) electrons. The summed E-state index contributed by atoms with van der Waals surface area (Å²) in [5, 5.41) is 8.76. The predicted molar refractivity (Wildman–Crippen MR) is 83.9 cm³/mol. The lowest BCUT2D eigenvalue weighted by molar-refractivity contribution is 0.0427. The number of carbonyl (C=O) groups excluding carboxylic acids is 2. The molecule has 1 rings (SSSR count). The third-order valence-electron chi connectivity index (χ3n) is 2.31. The minimum Gasteiger partial charge on any atom is -0.443 e. The first kappa shape index (κ1) is 19.4. The lowest BCUT2D eigenvalue weighted by Crippen LogP contribution is -2.44. The minimum atomic E-state index is -1.13. The van der Waals surface area contributed by atoms with E-state index in [-0.39, 0.29) is 5.56 Å². The smallest absolute Gasteiger partial charge is 0.425 e. The fraction of sp³-hybridized carbons (Fsp3) is 0.500. The van der Waals surface area contributed by atoms with Crippen LogP contribution in [0, 0.1) is 17.1 Å². The van der Waals surface area contributed by atoms with E-state index in [1.807, 2.05) is 0 Å². The average Bonchev–Trinajstić information content (AvgIpc) is 2.36. The third-order valence-corrected chi connectivity index (χ3v) is 2.31. The summed E-state index contributed by atoms with van der Waals surface area (Å²) < 4.78 is 24.4. The molecule has 0 aliphatic rings. The largest absolute Gasteiger partial charge is 0.443 e. The molecule has 0 saturated carbocycles. The molecule has 0 saturated heterocycles. The highest BCUT2D eigenvalue weighted by molar-refractivity contribution is 6.08. The number of imide groups is 1. The molecule has 0 bridgehead atoms. The second kappa shape index (κ2) is 6.83. The van der Waals surface area contributed by atoms with E-state index in [1.165, 1.54) is 0 Å². The van der Waals surface area contributed by atoms with Crippen molar-refractivity contribution in [2.45, 2.75) is 52.7 Å². The Bertz CT molecular complexity index is 656. The van der Waals surface area contributed by atoms with Crippen molar-refractivity contribution >= 4 is 18.0 Å². The maximum Gasteiger partial charge on any atom is 0.425 e. The number of rotatable bonds is 1. The number of ether oxygens (including phenoxy) is 2. The molecule has 1 aromatic heterocycles. The molecule has 0 atom stereocenters. The van der Waals surface area contributed by atoms with Crippen LogP contribution in [-0.2, 0) is 9.47 Å². The fourth-order valence-corrected chi connectivity index (χ4v) is 1.52. The monoisotopic (exact) mass is 337 g/mol. The average molecular weight is 337 g/mol. The second-order valence-corrected chi connectivity index (χ2v) is 6.94. The van der Waals surface area contributed by atoms with Crippen LogP contribution < -0.4 is 4.90 Å². The summed E-state index contributed by atoms with van der Waals surface area (Å²) in [7, 11) is 0. The molecule has 0 fully saturated rings. The van der Waals surface area contributed by atoms with Crippen molar-refractivity contribution in [3.05, 3.63) is 23.6 Å². The first-order valence-electron chi connectivity index (χ1n) is 7.16. The van der Waals surface area contributed by atoms with Crippen LogP contribution in [0.4, 0.5) is 19.8 Å². The minimum absolute atomic E-state index is 0.0513. The van der Waals surface area contributed by atoms with Gasteiger partial charge in [0.2, 0.25) is 0 Å². The fourth-order valence-electron chi connectivity index (χ4n) is 1.52. The molecule has 1 aromatic rings. The lowest BCUT2D eigenvalue weighted by Gasteiger charge is -2.28. The van der Waals surface area contributed by atoms with E-state index in [9.17, 15) is 14.0 Å². The van der Waals surface area contributed by atoms with Crippen molar-refractivity contribution in [3.8, 4) is 6.07 Å². The molecule has 0 N–H and O–H groups in total. The summed E-state index contributed by atoms with van der Waals surface area (Å²) >= 11 is 0. The van der Waals surface area contributed by atoms with Crippen molar-refractivity contribution < 1.29 is 23.5 Å². The number of aromatic nitrogens is 1. The Morgan fingerprint density at radius 3 is 1.92 bits per heavy atom. The zero-order chi connectivity index (χ0) is 18.7. The van der Waals surface area contributed by atoms with Gasteiger partial charge in [-0.1, -0.05) is 0 Å². The van der Waals surface area contributed by atoms with Crippen molar-refractivity contribution in [1.29, 1.82) is 5.26 Å². The summed E-state index contributed by atoms with van der Waals surface area (Å²) in [4.78, 5) is 28.7. The van der Waals surface area contributed by atoms with Crippen LogP contribution in [0.1, 0.15) is 47.1 Å². The van der Waals surface area contributed by atoms with Gasteiger partial charge in [-0.15, -0.1) is 0 Å². The number of hydrogen-bond donors (Lipinski definition) is 0. The van der Waals surface area contributed by atoms with Gasteiger partial charge in [0.05, 0.1) is 5.56 Å². The van der Waals surface area contributed by atoms with Gasteiger partial charge in [-0.3, -0.25) is 0 Å². The molecule has 8 heteroatoms. The van der Waals surface area contributed by atoms with Crippen molar-refractivity contribution in [2.24, 2.45) is 0 Å². The molecular weight excluding hydrogens is 317 g/mol. The van der Waals surface area contributed by atoms with Crippen LogP contribution in [0.3, 0.4) is 0 Å². The summed E-state index contributed by atoms with van der Waals surface area (Å²) in [6, 6.07) is 2.58.